The zero-order valence-electron chi connectivity index (χ0n) is 19.9. The minimum Gasteiger partial charge on any atom is -0.480 e. The molecule has 0 spiro atoms. The van der Waals surface area contributed by atoms with E-state index in [1.165, 1.54) is 5.56 Å². The van der Waals surface area contributed by atoms with Crippen molar-refractivity contribution in [3.05, 3.63) is 64.1 Å². The Hall–Kier alpha value is -3.21. The standard InChI is InChI=1S/C27H26N2O6S2/c30-14-16-4-7-18(8-5-16)28-21-3-1-2-19(21)20-12-17(6-9-22(20)28)13-24-25(32)29(27(36)37-24)23(26(33)34)10-11-35-15-31/h4-9,12-13,15,19,21,23,30H,1-3,10-11,14H2,(H,33,34)/b24-13+. The molecule has 5 rings (SSSR count). The highest BCUT2D eigenvalue weighted by Crippen LogP contribution is 2.52. The number of amides is 1. The number of hydrogen-bond donors (Lipinski definition) is 2. The quantitative estimate of drug-likeness (QED) is 0.210. The molecule has 2 aromatic carbocycles. The number of carbonyl (C=O) groups excluding carboxylic acids is 2. The fraction of sp³-hybridized carbons (Fsp3) is 0.333. The molecule has 10 heteroatoms. The molecular weight excluding hydrogens is 512 g/mol. The molecule has 1 saturated carbocycles. The number of aliphatic hydroxyl groups excluding tert-OH is 1. The molecule has 3 atom stereocenters. The Labute approximate surface area is 223 Å². The fourth-order valence-electron chi connectivity index (χ4n) is 5.55. The van der Waals surface area contributed by atoms with Crippen molar-refractivity contribution >= 4 is 64.1 Å². The van der Waals surface area contributed by atoms with Gasteiger partial charge in [0, 0.05) is 29.8 Å². The van der Waals surface area contributed by atoms with Crippen LogP contribution in [0.25, 0.3) is 6.08 Å². The number of carbonyl (C=O) groups is 3. The topological polar surface area (TPSA) is 107 Å². The van der Waals surface area contributed by atoms with Crippen molar-refractivity contribution in [3.63, 3.8) is 0 Å². The highest BCUT2D eigenvalue weighted by Gasteiger charge is 2.43. The fourth-order valence-corrected chi connectivity index (χ4v) is 6.91. The first-order valence-corrected chi connectivity index (χ1v) is 13.3. The summed E-state index contributed by atoms with van der Waals surface area (Å²) in [5, 5.41) is 19.0. The van der Waals surface area contributed by atoms with E-state index in [9.17, 15) is 24.6 Å². The van der Waals surface area contributed by atoms with E-state index >= 15 is 0 Å². The Morgan fingerprint density at radius 3 is 2.70 bits per heavy atom. The van der Waals surface area contributed by atoms with Gasteiger partial charge in [0.05, 0.1) is 18.1 Å². The number of ether oxygens (including phenoxy) is 1. The second-order valence-electron chi connectivity index (χ2n) is 9.28. The van der Waals surface area contributed by atoms with Gasteiger partial charge in [0.2, 0.25) is 0 Å². The zero-order valence-corrected chi connectivity index (χ0v) is 21.5. The van der Waals surface area contributed by atoms with E-state index in [-0.39, 0.29) is 30.4 Å². The van der Waals surface area contributed by atoms with Crippen LogP contribution in [-0.2, 0) is 25.7 Å². The van der Waals surface area contributed by atoms with E-state index in [0.717, 1.165) is 58.4 Å². The average molecular weight is 539 g/mol. The highest BCUT2D eigenvalue weighted by atomic mass is 32.2. The molecule has 37 heavy (non-hydrogen) atoms. The van der Waals surface area contributed by atoms with Crippen LogP contribution < -0.4 is 4.90 Å². The summed E-state index contributed by atoms with van der Waals surface area (Å²) in [5.74, 6) is -1.27. The number of thiocarbonyl (C=S) groups is 1. The normalized spacial score (nSPS) is 22.4. The van der Waals surface area contributed by atoms with Crippen LogP contribution in [0.1, 0.15) is 48.3 Å². The number of hydrogen-bond acceptors (Lipinski definition) is 8. The number of nitrogens with zero attached hydrogens (tertiary/aromatic N) is 2. The van der Waals surface area contributed by atoms with E-state index in [2.05, 4.69) is 21.8 Å². The molecule has 3 aliphatic rings. The maximum absolute atomic E-state index is 13.2. The molecule has 0 aromatic heterocycles. The Morgan fingerprint density at radius 2 is 2.00 bits per heavy atom. The van der Waals surface area contributed by atoms with Crippen LogP contribution >= 0.6 is 24.0 Å². The van der Waals surface area contributed by atoms with E-state index < -0.39 is 17.9 Å². The van der Waals surface area contributed by atoms with Crippen LogP contribution in [-0.4, -0.2) is 56.5 Å². The maximum atomic E-state index is 13.2. The molecule has 2 fully saturated rings. The zero-order chi connectivity index (χ0) is 26.1. The first kappa shape index (κ1) is 25.4. The van der Waals surface area contributed by atoms with Gasteiger partial charge in [0.1, 0.15) is 10.4 Å². The first-order chi connectivity index (χ1) is 17.9. The smallest absolute Gasteiger partial charge is 0.327 e. The second kappa shape index (κ2) is 10.6. The lowest BCUT2D eigenvalue weighted by atomic mass is 9.96. The van der Waals surface area contributed by atoms with Gasteiger partial charge in [-0.25, -0.2) is 4.79 Å². The van der Waals surface area contributed by atoms with Gasteiger partial charge in [-0.1, -0.05) is 48.6 Å². The molecule has 192 valence electrons. The number of thioether (sulfide) groups is 1. The molecular formula is C27H26N2O6S2. The summed E-state index contributed by atoms with van der Waals surface area (Å²) in [6, 6.07) is 13.3. The van der Waals surface area contributed by atoms with Gasteiger partial charge >= 0.3 is 5.97 Å². The van der Waals surface area contributed by atoms with E-state index in [0.29, 0.717) is 16.9 Å². The summed E-state index contributed by atoms with van der Waals surface area (Å²) in [7, 11) is 0. The third-order valence-corrected chi connectivity index (χ3v) is 8.54. The molecule has 1 amide bonds. The number of aliphatic hydroxyl groups is 1. The number of benzene rings is 2. The molecule has 1 saturated heterocycles. The van der Waals surface area contributed by atoms with Gasteiger partial charge < -0.3 is 19.8 Å². The summed E-state index contributed by atoms with van der Waals surface area (Å²) < 4.78 is 4.80. The largest absolute Gasteiger partial charge is 0.480 e. The lowest BCUT2D eigenvalue weighted by Crippen LogP contribution is -2.44. The van der Waals surface area contributed by atoms with E-state index in [4.69, 9.17) is 12.2 Å². The SMILES string of the molecule is O=COCCC(C(=O)O)N1C(=O)/C(=C\c2ccc3c(c2)C2CCCC2N3c2ccc(CO)cc2)SC1=S. The lowest BCUT2D eigenvalue weighted by molar-refractivity contribution is -0.146. The van der Waals surface area contributed by atoms with Crippen LogP contribution in [0.15, 0.2) is 47.4 Å². The summed E-state index contributed by atoms with van der Waals surface area (Å²) >= 11 is 6.42. The van der Waals surface area contributed by atoms with Crippen LogP contribution in [0.3, 0.4) is 0 Å². The van der Waals surface area contributed by atoms with Crippen LogP contribution in [0.5, 0.6) is 0 Å². The number of fused-ring (bicyclic) bond motifs is 3. The van der Waals surface area contributed by atoms with Gasteiger partial charge in [0.15, 0.2) is 0 Å². The van der Waals surface area contributed by atoms with Gasteiger partial charge in [-0.2, -0.15) is 0 Å². The molecule has 8 nitrogen and oxygen atoms in total. The minimum atomic E-state index is -1.21. The number of rotatable bonds is 9. The van der Waals surface area contributed by atoms with Crippen molar-refractivity contribution in [2.75, 3.05) is 11.5 Å². The van der Waals surface area contributed by atoms with Crippen LogP contribution in [0.4, 0.5) is 11.4 Å². The van der Waals surface area contributed by atoms with E-state index in [1.807, 2.05) is 30.3 Å². The third kappa shape index (κ3) is 4.76. The molecule has 3 unspecified atom stereocenters. The van der Waals surface area contributed by atoms with Crippen molar-refractivity contribution in [3.8, 4) is 0 Å². The number of anilines is 2. The summed E-state index contributed by atoms with van der Waals surface area (Å²) in [4.78, 5) is 39.3. The van der Waals surface area contributed by atoms with Crippen LogP contribution in [0.2, 0.25) is 0 Å². The number of carboxylic acid groups (broad SMARTS) is 1. The lowest BCUT2D eigenvalue weighted by Gasteiger charge is -2.27. The molecule has 1 aliphatic carbocycles. The van der Waals surface area contributed by atoms with Crippen molar-refractivity contribution in [2.45, 2.75) is 50.3 Å². The Morgan fingerprint density at radius 1 is 1.22 bits per heavy atom. The highest BCUT2D eigenvalue weighted by molar-refractivity contribution is 8.26. The summed E-state index contributed by atoms with van der Waals surface area (Å²) in [6.45, 7) is 0.138. The van der Waals surface area contributed by atoms with Crippen molar-refractivity contribution < 1.29 is 29.3 Å². The predicted molar refractivity (Wildman–Crippen MR) is 144 cm³/mol. The molecule has 0 radical (unpaired) electrons. The maximum Gasteiger partial charge on any atom is 0.327 e. The average Bonchev–Trinajstić information content (AvgIpc) is 3.55. The Kier molecular flexibility index (Phi) is 7.32. The minimum absolute atomic E-state index is 0.0122. The van der Waals surface area contributed by atoms with Crippen molar-refractivity contribution in [2.24, 2.45) is 0 Å². The molecule has 0 bridgehead atoms. The Bertz CT molecular complexity index is 1280. The summed E-state index contributed by atoms with van der Waals surface area (Å²) in [6.07, 6.45) is 5.05. The molecule has 2 N–H and O–H groups in total. The number of aliphatic carboxylic acids is 1. The first-order valence-electron chi connectivity index (χ1n) is 12.1. The van der Waals surface area contributed by atoms with Gasteiger partial charge in [-0.3, -0.25) is 14.5 Å². The van der Waals surface area contributed by atoms with E-state index in [1.54, 1.807) is 6.08 Å². The Balaban J connectivity index is 1.42. The van der Waals surface area contributed by atoms with Gasteiger partial charge in [-0.15, -0.1) is 0 Å². The van der Waals surface area contributed by atoms with Crippen molar-refractivity contribution in [1.82, 2.24) is 4.90 Å². The van der Waals surface area contributed by atoms with Crippen molar-refractivity contribution in [1.29, 1.82) is 0 Å². The summed E-state index contributed by atoms with van der Waals surface area (Å²) in [5.41, 5.74) is 5.23. The van der Waals surface area contributed by atoms with Gasteiger partial charge in [0.25, 0.3) is 12.4 Å². The second-order valence-corrected chi connectivity index (χ2v) is 11.0. The third-order valence-electron chi connectivity index (χ3n) is 7.21. The monoisotopic (exact) mass is 538 g/mol. The molecule has 2 aliphatic heterocycles. The molecule has 2 aromatic rings. The predicted octanol–water partition coefficient (Wildman–Crippen LogP) is 4.18. The van der Waals surface area contributed by atoms with Crippen LogP contribution in [0, 0.1) is 0 Å². The molecule has 2 heterocycles. The van der Waals surface area contributed by atoms with Gasteiger partial charge in [-0.05, 0) is 59.9 Å². The number of carboxylic acids is 1.